The van der Waals surface area contributed by atoms with Crippen LogP contribution in [0.15, 0.2) is 24.3 Å². The normalized spacial score (nSPS) is 19.5. The minimum absolute atomic E-state index is 0.0214. The Morgan fingerprint density at radius 1 is 1.32 bits per heavy atom. The standard InChI is InChI=1S/C20H25NO5S2/c1-4-13(2)21(15-9-10-28(24,25)12-15)18(22)11-26-20(23)19-14(3)16-7-5-6-8-17(16)27-19/h5-8,13,15H,4,9-12H2,1-3H3/t13-,15-/m1/s1. The van der Waals surface area contributed by atoms with E-state index in [2.05, 4.69) is 0 Å². The Hall–Kier alpha value is -1.93. The van der Waals surface area contributed by atoms with Crippen LogP contribution in [-0.2, 0) is 19.4 Å². The number of nitrogens with zero attached hydrogens (tertiary/aromatic N) is 1. The molecule has 0 unspecified atom stereocenters. The number of hydrogen-bond acceptors (Lipinski definition) is 6. The summed E-state index contributed by atoms with van der Waals surface area (Å²) in [4.78, 5) is 27.4. The summed E-state index contributed by atoms with van der Waals surface area (Å²) in [5, 5.41) is 1.00. The predicted molar refractivity (Wildman–Crippen MR) is 111 cm³/mol. The highest BCUT2D eigenvalue weighted by atomic mass is 32.2. The summed E-state index contributed by atoms with van der Waals surface area (Å²) >= 11 is 1.35. The van der Waals surface area contributed by atoms with Crippen molar-refractivity contribution in [3.05, 3.63) is 34.7 Å². The van der Waals surface area contributed by atoms with E-state index in [1.165, 1.54) is 11.3 Å². The molecule has 0 bridgehead atoms. The number of aryl methyl sites for hydroxylation is 1. The van der Waals surface area contributed by atoms with Crippen LogP contribution in [0.25, 0.3) is 10.1 Å². The molecule has 1 aromatic heterocycles. The van der Waals surface area contributed by atoms with Gasteiger partial charge < -0.3 is 9.64 Å². The summed E-state index contributed by atoms with van der Waals surface area (Å²) in [6.07, 6.45) is 1.13. The summed E-state index contributed by atoms with van der Waals surface area (Å²) in [5.74, 6) is -0.788. The van der Waals surface area contributed by atoms with Crippen molar-refractivity contribution in [1.29, 1.82) is 0 Å². The van der Waals surface area contributed by atoms with Gasteiger partial charge in [-0.3, -0.25) is 4.79 Å². The van der Waals surface area contributed by atoms with Crippen LogP contribution < -0.4 is 0 Å². The molecular weight excluding hydrogens is 398 g/mol. The zero-order valence-corrected chi connectivity index (χ0v) is 17.9. The number of benzene rings is 1. The lowest BCUT2D eigenvalue weighted by Crippen LogP contribution is -2.48. The SMILES string of the molecule is CC[C@@H](C)N(C(=O)COC(=O)c1sc2ccccc2c1C)[C@@H]1CCS(=O)(=O)C1. The summed E-state index contributed by atoms with van der Waals surface area (Å²) in [6.45, 7) is 5.32. The lowest BCUT2D eigenvalue weighted by atomic mass is 10.1. The number of fused-ring (bicyclic) bond motifs is 1. The zero-order valence-electron chi connectivity index (χ0n) is 16.3. The monoisotopic (exact) mass is 423 g/mol. The number of esters is 1. The minimum atomic E-state index is -3.11. The number of sulfone groups is 1. The van der Waals surface area contributed by atoms with Crippen LogP contribution in [0.3, 0.4) is 0 Å². The zero-order chi connectivity index (χ0) is 20.5. The summed E-state index contributed by atoms with van der Waals surface area (Å²) in [6, 6.07) is 7.26. The molecule has 0 saturated carbocycles. The summed E-state index contributed by atoms with van der Waals surface area (Å²) in [7, 11) is -3.11. The fourth-order valence-corrected chi connectivity index (χ4v) is 6.45. The van der Waals surface area contributed by atoms with Crippen LogP contribution in [0.4, 0.5) is 0 Å². The van der Waals surface area contributed by atoms with Gasteiger partial charge in [-0.1, -0.05) is 25.1 Å². The second-order valence-electron chi connectivity index (χ2n) is 7.24. The molecule has 1 aliphatic rings. The van der Waals surface area contributed by atoms with Crippen LogP contribution in [-0.4, -0.2) is 55.4 Å². The second-order valence-corrected chi connectivity index (χ2v) is 10.5. The number of carbonyl (C=O) groups is 2. The van der Waals surface area contributed by atoms with Crippen molar-refractivity contribution in [2.45, 2.75) is 45.7 Å². The van der Waals surface area contributed by atoms with Crippen LogP contribution in [0.5, 0.6) is 0 Å². The molecule has 6 nitrogen and oxygen atoms in total. The van der Waals surface area contributed by atoms with E-state index in [1.807, 2.05) is 45.0 Å². The Labute approximate surface area is 169 Å². The van der Waals surface area contributed by atoms with Crippen LogP contribution >= 0.6 is 11.3 Å². The van der Waals surface area contributed by atoms with Gasteiger partial charge in [-0.25, -0.2) is 13.2 Å². The van der Waals surface area contributed by atoms with Crippen molar-refractivity contribution >= 4 is 43.1 Å². The first-order valence-corrected chi connectivity index (χ1v) is 12.0. The van der Waals surface area contributed by atoms with Crippen LogP contribution in [0, 0.1) is 6.92 Å². The van der Waals surface area contributed by atoms with E-state index in [0.717, 1.165) is 15.6 Å². The van der Waals surface area contributed by atoms with Crippen molar-refractivity contribution in [3.8, 4) is 0 Å². The van der Waals surface area contributed by atoms with Gasteiger partial charge in [0.15, 0.2) is 16.4 Å². The average Bonchev–Trinajstić information content (AvgIpc) is 3.19. The summed E-state index contributed by atoms with van der Waals surface area (Å²) < 4.78 is 30.0. The van der Waals surface area contributed by atoms with E-state index in [1.54, 1.807) is 4.90 Å². The van der Waals surface area contributed by atoms with E-state index in [4.69, 9.17) is 4.74 Å². The molecule has 28 heavy (non-hydrogen) atoms. The molecule has 3 rings (SSSR count). The topological polar surface area (TPSA) is 80.8 Å². The van der Waals surface area contributed by atoms with Gasteiger partial charge in [0.05, 0.1) is 11.5 Å². The maximum Gasteiger partial charge on any atom is 0.349 e. The highest BCUT2D eigenvalue weighted by Gasteiger charge is 2.36. The Kier molecular flexibility index (Phi) is 6.09. The highest BCUT2D eigenvalue weighted by Crippen LogP contribution is 2.31. The number of hydrogen-bond donors (Lipinski definition) is 0. The van der Waals surface area contributed by atoms with Gasteiger partial charge in [-0.15, -0.1) is 11.3 Å². The van der Waals surface area contributed by atoms with Crippen LogP contribution in [0.1, 0.15) is 41.9 Å². The Morgan fingerprint density at radius 2 is 2.04 bits per heavy atom. The molecule has 1 aliphatic heterocycles. The third kappa shape index (κ3) is 4.22. The number of carbonyl (C=O) groups excluding carboxylic acids is 2. The molecule has 0 aliphatic carbocycles. The minimum Gasteiger partial charge on any atom is -0.451 e. The lowest BCUT2D eigenvalue weighted by Gasteiger charge is -2.33. The molecule has 2 aromatic rings. The molecule has 0 radical (unpaired) electrons. The van der Waals surface area contributed by atoms with Gasteiger partial charge >= 0.3 is 5.97 Å². The van der Waals surface area contributed by atoms with Crippen molar-refractivity contribution in [2.24, 2.45) is 0 Å². The fourth-order valence-electron chi connectivity index (χ4n) is 3.64. The number of ether oxygens (including phenoxy) is 1. The maximum atomic E-state index is 12.8. The summed E-state index contributed by atoms with van der Waals surface area (Å²) in [5.41, 5.74) is 0.846. The van der Waals surface area contributed by atoms with E-state index < -0.39 is 15.8 Å². The highest BCUT2D eigenvalue weighted by molar-refractivity contribution is 7.91. The van der Waals surface area contributed by atoms with Gasteiger partial charge in [0.1, 0.15) is 4.88 Å². The second kappa shape index (κ2) is 8.21. The van der Waals surface area contributed by atoms with E-state index in [9.17, 15) is 18.0 Å². The third-order valence-corrected chi connectivity index (χ3v) is 8.31. The largest absolute Gasteiger partial charge is 0.451 e. The molecule has 2 heterocycles. The number of thiophene rings is 1. The molecule has 0 spiro atoms. The van der Waals surface area contributed by atoms with Gasteiger partial charge in [0.25, 0.3) is 5.91 Å². The molecule has 1 saturated heterocycles. The van der Waals surface area contributed by atoms with Crippen molar-refractivity contribution in [3.63, 3.8) is 0 Å². The number of rotatable bonds is 6. The van der Waals surface area contributed by atoms with Crippen molar-refractivity contribution in [1.82, 2.24) is 4.90 Å². The van der Waals surface area contributed by atoms with Crippen molar-refractivity contribution in [2.75, 3.05) is 18.1 Å². The molecule has 0 N–H and O–H groups in total. The molecule has 1 fully saturated rings. The molecule has 1 amide bonds. The predicted octanol–water partition coefficient (Wildman–Crippen LogP) is 3.18. The smallest absolute Gasteiger partial charge is 0.349 e. The lowest BCUT2D eigenvalue weighted by molar-refractivity contribution is -0.138. The Bertz CT molecular complexity index is 995. The average molecular weight is 424 g/mol. The van der Waals surface area contributed by atoms with Gasteiger partial charge in [0.2, 0.25) is 0 Å². The van der Waals surface area contributed by atoms with Gasteiger partial charge in [0, 0.05) is 16.8 Å². The molecule has 1 aromatic carbocycles. The maximum absolute atomic E-state index is 12.8. The first kappa shape index (κ1) is 20.8. The molecule has 8 heteroatoms. The number of amides is 1. The first-order valence-electron chi connectivity index (χ1n) is 9.40. The quantitative estimate of drug-likeness (QED) is 0.667. The van der Waals surface area contributed by atoms with E-state index >= 15 is 0 Å². The van der Waals surface area contributed by atoms with E-state index in [0.29, 0.717) is 17.7 Å². The molecule has 152 valence electrons. The van der Waals surface area contributed by atoms with Crippen molar-refractivity contribution < 1.29 is 22.7 Å². The van der Waals surface area contributed by atoms with E-state index in [-0.39, 0.29) is 36.1 Å². The molecule has 2 atom stereocenters. The van der Waals surface area contributed by atoms with Gasteiger partial charge in [-0.2, -0.15) is 0 Å². The van der Waals surface area contributed by atoms with Gasteiger partial charge in [-0.05, 0) is 43.7 Å². The van der Waals surface area contributed by atoms with Crippen LogP contribution in [0.2, 0.25) is 0 Å². The Balaban J connectivity index is 1.71. The molecular formula is C20H25NO5S2. The Morgan fingerprint density at radius 3 is 2.64 bits per heavy atom. The third-order valence-electron chi connectivity index (χ3n) is 5.31. The first-order chi connectivity index (χ1) is 13.2. The fraction of sp³-hybridized carbons (Fsp3) is 0.500.